The fraction of sp³-hybridized carbons (Fsp3) is 0.118. The van der Waals surface area contributed by atoms with E-state index in [1.165, 1.54) is 11.1 Å². The normalized spacial score (nSPS) is 10.7. The quantitative estimate of drug-likeness (QED) is 0.682. The van der Waals surface area contributed by atoms with Gasteiger partial charge in [0.15, 0.2) is 0 Å². The van der Waals surface area contributed by atoms with E-state index >= 15 is 0 Å². The van der Waals surface area contributed by atoms with Crippen molar-refractivity contribution in [2.75, 3.05) is 11.1 Å². The van der Waals surface area contributed by atoms with Crippen LogP contribution in [-0.4, -0.2) is 4.98 Å². The molecule has 20 heavy (non-hydrogen) atoms. The summed E-state index contributed by atoms with van der Waals surface area (Å²) in [6.07, 6.45) is 0. The molecule has 0 saturated carbocycles. The number of nitrogens with zero attached hydrogens (tertiary/aromatic N) is 1. The Kier molecular flexibility index (Phi) is 3.03. The van der Waals surface area contributed by atoms with Crippen LogP contribution < -0.4 is 11.1 Å². The third-order valence-corrected chi connectivity index (χ3v) is 3.49. The number of pyridine rings is 1. The molecule has 3 nitrogen and oxygen atoms in total. The van der Waals surface area contributed by atoms with E-state index in [9.17, 15) is 0 Å². The van der Waals surface area contributed by atoms with E-state index in [1.54, 1.807) is 0 Å². The summed E-state index contributed by atoms with van der Waals surface area (Å²) < 4.78 is 0. The highest BCUT2D eigenvalue weighted by Gasteiger charge is 2.01. The van der Waals surface area contributed by atoms with Gasteiger partial charge in [-0.25, -0.2) is 4.98 Å². The van der Waals surface area contributed by atoms with E-state index in [0.717, 1.165) is 28.1 Å². The van der Waals surface area contributed by atoms with Gasteiger partial charge >= 0.3 is 0 Å². The van der Waals surface area contributed by atoms with Crippen LogP contribution in [0.4, 0.5) is 17.2 Å². The van der Waals surface area contributed by atoms with Crippen molar-refractivity contribution >= 4 is 28.1 Å². The van der Waals surface area contributed by atoms with Gasteiger partial charge in [0.1, 0.15) is 5.82 Å². The molecule has 0 aliphatic carbocycles. The van der Waals surface area contributed by atoms with Crippen molar-refractivity contribution < 1.29 is 0 Å². The van der Waals surface area contributed by atoms with E-state index < -0.39 is 0 Å². The Balaban J connectivity index is 1.94. The van der Waals surface area contributed by atoms with Gasteiger partial charge in [-0.05, 0) is 67.4 Å². The predicted octanol–water partition coefficient (Wildman–Crippen LogP) is 4.18. The largest absolute Gasteiger partial charge is 0.399 e. The van der Waals surface area contributed by atoms with Crippen LogP contribution in [-0.2, 0) is 0 Å². The molecule has 3 heteroatoms. The molecule has 0 amide bonds. The number of fused-ring (bicyclic) bond motifs is 1. The fourth-order valence-corrected chi connectivity index (χ4v) is 2.18. The van der Waals surface area contributed by atoms with E-state index in [-0.39, 0.29) is 0 Å². The third kappa shape index (κ3) is 2.43. The zero-order valence-corrected chi connectivity index (χ0v) is 11.6. The van der Waals surface area contributed by atoms with E-state index in [2.05, 4.69) is 42.3 Å². The standard InChI is InChI=1S/C17H17N3/c1-11-3-6-15(9-12(11)2)19-17-8-4-13-10-14(18)5-7-16(13)20-17/h3-10H,18H2,1-2H3,(H,19,20). The van der Waals surface area contributed by atoms with Gasteiger partial charge in [-0.1, -0.05) is 6.07 Å². The number of rotatable bonds is 2. The summed E-state index contributed by atoms with van der Waals surface area (Å²) in [5.41, 5.74) is 11.1. The molecule has 0 saturated heterocycles. The van der Waals surface area contributed by atoms with Gasteiger partial charge < -0.3 is 11.1 Å². The van der Waals surface area contributed by atoms with Crippen molar-refractivity contribution in [1.29, 1.82) is 0 Å². The maximum absolute atomic E-state index is 5.77. The van der Waals surface area contributed by atoms with Crippen LogP contribution >= 0.6 is 0 Å². The minimum atomic E-state index is 0.758. The maximum Gasteiger partial charge on any atom is 0.131 e. The lowest BCUT2D eigenvalue weighted by atomic mass is 10.1. The van der Waals surface area contributed by atoms with Crippen LogP contribution in [0.2, 0.25) is 0 Å². The summed E-state index contributed by atoms with van der Waals surface area (Å²) in [5, 5.41) is 4.39. The molecule has 0 radical (unpaired) electrons. The lowest BCUT2D eigenvalue weighted by Gasteiger charge is -2.09. The van der Waals surface area contributed by atoms with E-state index in [0.29, 0.717) is 0 Å². The number of anilines is 3. The average molecular weight is 263 g/mol. The molecule has 0 spiro atoms. The van der Waals surface area contributed by atoms with Crippen LogP contribution in [0.1, 0.15) is 11.1 Å². The number of aryl methyl sites for hydroxylation is 2. The average Bonchev–Trinajstić information content (AvgIpc) is 2.43. The Bertz CT molecular complexity index is 778. The van der Waals surface area contributed by atoms with Crippen LogP contribution in [0, 0.1) is 13.8 Å². The second-order valence-electron chi connectivity index (χ2n) is 5.07. The zero-order chi connectivity index (χ0) is 14.1. The minimum Gasteiger partial charge on any atom is -0.399 e. The molecule has 3 N–H and O–H groups in total. The number of aromatic nitrogens is 1. The van der Waals surface area contributed by atoms with Crippen molar-refractivity contribution in [2.24, 2.45) is 0 Å². The summed E-state index contributed by atoms with van der Waals surface area (Å²) in [4.78, 5) is 4.60. The number of hydrogen-bond acceptors (Lipinski definition) is 3. The van der Waals surface area contributed by atoms with Crippen molar-refractivity contribution in [2.45, 2.75) is 13.8 Å². The number of nitrogens with two attached hydrogens (primary N) is 1. The second kappa shape index (κ2) is 4.85. The first-order valence-corrected chi connectivity index (χ1v) is 6.62. The molecule has 0 fully saturated rings. The molecule has 2 aromatic carbocycles. The Hall–Kier alpha value is -2.55. The summed E-state index contributed by atoms with van der Waals surface area (Å²) >= 11 is 0. The van der Waals surface area contributed by atoms with Crippen LogP contribution in [0.15, 0.2) is 48.5 Å². The smallest absolute Gasteiger partial charge is 0.131 e. The van der Waals surface area contributed by atoms with E-state index in [1.807, 2.05) is 30.3 Å². The molecular weight excluding hydrogens is 246 g/mol. The van der Waals surface area contributed by atoms with Gasteiger partial charge in [-0.3, -0.25) is 0 Å². The van der Waals surface area contributed by atoms with Gasteiger partial charge in [0, 0.05) is 16.8 Å². The second-order valence-corrected chi connectivity index (χ2v) is 5.07. The SMILES string of the molecule is Cc1ccc(Nc2ccc3cc(N)ccc3n2)cc1C. The Morgan fingerprint density at radius 2 is 1.75 bits per heavy atom. The highest BCUT2D eigenvalue weighted by atomic mass is 15.0. The molecule has 1 heterocycles. The van der Waals surface area contributed by atoms with Crippen LogP contribution in [0.25, 0.3) is 10.9 Å². The first-order valence-electron chi connectivity index (χ1n) is 6.62. The van der Waals surface area contributed by atoms with E-state index in [4.69, 9.17) is 5.73 Å². The molecule has 100 valence electrons. The van der Waals surface area contributed by atoms with Crippen LogP contribution in [0.3, 0.4) is 0 Å². The van der Waals surface area contributed by atoms with Gasteiger partial charge in [-0.2, -0.15) is 0 Å². The van der Waals surface area contributed by atoms with Gasteiger partial charge in [-0.15, -0.1) is 0 Å². The Morgan fingerprint density at radius 1 is 0.900 bits per heavy atom. The van der Waals surface area contributed by atoms with Crippen molar-refractivity contribution in [3.05, 3.63) is 59.7 Å². The molecular formula is C17H17N3. The maximum atomic E-state index is 5.77. The minimum absolute atomic E-state index is 0.758. The number of nitrogen functional groups attached to an aromatic ring is 1. The molecule has 0 aliphatic heterocycles. The number of benzene rings is 2. The predicted molar refractivity (Wildman–Crippen MR) is 85.4 cm³/mol. The van der Waals surface area contributed by atoms with Crippen molar-refractivity contribution in [3.8, 4) is 0 Å². The summed E-state index contributed by atoms with van der Waals surface area (Å²) in [7, 11) is 0. The van der Waals surface area contributed by atoms with Crippen molar-refractivity contribution in [3.63, 3.8) is 0 Å². The topological polar surface area (TPSA) is 50.9 Å². The molecule has 0 bridgehead atoms. The summed E-state index contributed by atoms with van der Waals surface area (Å²) in [6.45, 7) is 4.22. The summed E-state index contributed by atoms with van der Waals surface area (Å²) in [5.74, 6) is 0.838. The molecule has 0 atom stereocenters. The summed E-state index contributed by atoms with van der Waals surface area (Å²) in [6, 6.07) is 16.0. The third-order valence-electron chi connectivity index (χ3n) is 3.49. The van der Waals surface area contributed by atoms with Gasteiger partial charge in [0.25, 0.3) is 0 Å². The zero-order valence-electron chi connectivity index (χ0n) is 11.6. The monoisotopic (exact) mass is 263 g/mol. The van der Waals surface area contributed by atoms with Crippen molar-refractivity contribution in [1.82, 2.24) is 4.98 Å². The van der Waals surface area contributed by atoms with Crippen LogP contribution in [0.5, 0.6) is 0 Å². The fourth-order valence-electron chi connectivity index (χ4n) is 2.18. The lowest BCUT2D eigenvalue weighted by molar-refractivity contribution is 1.32. The molecule has 0 aliphatic rings. The highest BCUT2D eigenvalue weighted by molar-refractivity contribution is 5.83. The van der Waals surface area contributed by atoms with Gasteiger partial charge in [0.05, 0.1) is 5.52 Å². The number of hydrogen-bond donors (Lipinski definition) is 2. The lowest BCUT2D eigenvalue weighted by Crippen LogP contribution is -1.95. The number of nitrogens with one attached hydrogen (secondary N) is 1. The molecule has 3 aromatic rings. The van der Waals surface area contributed by atoms with Gasteiger partial charge in [0.2, 0.25) is 0 Å². The highest BCUT2D eigenvalue weighted by Crippen LogP contribution is 2.22. The first-order chi connectivity index (χ1) is 9.61. The first kappa shape index (κ1) is 12.5. The molecule has 1 aromatic heterocycles. The molecule has 0 unspecified atom stereocenters. The molecule has 3 rings (SSSR count). The Morgan fingerprint density at radius 3 is 2.55 bits per heavy atom. The Labute approximate surface area is 118 Å².